The normalized spacial score (nSPS) is 13.4. The number of hydrogen-bond donors (Lipinski definition) is 0. The highest BCUT2D eigenvalue weighted by atomic mass is 35.5. The molecule has 0 bridgehead atoms. The van der Waals surface area contributed by atoms with E-state index in [9.17, 15) is 14.4 Å². The molecule has 35 heavy (non-hydrogen) atoms. The van der Waals surface area contributed by atoms with Gasteiger partial charge in [0, 0.05) is 31.9 Å². The molecule has 9 nitrogen and oxygen atoms in total. The molecule has 1 amide bonds. The first-order chi connectivity index (χ1) is 17.0. The molecule has 1 aromatic heterocycles. The van der Waals surface area contributed by atoms with Gasteiger partial charge in [-0.25, -0.2) is 4.79 Å². The zero-order valence-corrected chi connectivity index (χ0v) is 20.0. The van der Waals surface area contributed by atoms with Gasteiger partial charge in [0.1, 0.15) is 0 Å². The Labute approximate surface area is 207 Å². The molecule has 182 valence electrons. The lowest BCUT2D eigenvalue weighted by Gasteiger charge is -2.36. The first-order valence-corrected chi connectivity index (χ1v) is 11.6. The molecule has 1 saturated heterocycles. The third kappa shape index (κ3) is 5.63. The largest absolute Gasteiger partial charge is 0.481 e. The summed E-state index contributed by atoms with van der Waals surface area (Å²) in [6.45, 7) is 3.88. The number of aromatic nitrogens is 2. The molecule has 3 aromatic rings. The van der Waals surface area contributed by atoms with Crippen LogP contribution in [0, 0.1) is 0 Å². The fraction of sp³-hybridized carbons (Fsp3) is 0.280. The van der Waals surface area contributed by atoms with Crippen LogP contribution >= 0.6 is 11.6 Å². The van der Waals surface area contributed by atoms with E-state index in [0.717, 1.165) is 16.4 Å². The monoisotopic (exact) mass is 496 g/mol. The van der Waals surface area contributed by atoms with E-state index in [2.05, 4.69) is 10.00 Å². The summed E-state index contributed by atoms with van der Waals surface area (Å²) in [6, 6.07) is 17.7. The van der Waals surface area contributed by atoms with Crippen molar-refractivity contribution in [3.05, 3.63) is 81.7 Å². The molecule has 4 rings (SSSR count). The first-order valence-electron chi connectivity index (χ1n) is 11.2. The minimum atomic E-state index is -0.771. The Kier molecular flexibility index (Phi) is 7.67. The van der Waals surface area contributed by atoms with E-state index in [1.165, 1.54) is 0 Å². The molecule has 0 radical (unpaired) electrons. The molecule has 2 heterocycles. The van der Waals surface area contributed by atoms with Crippen LogP contribution in [0.4, 0.5) is 5.69 Å². The molecular formula is C25H25ClN4O5. The number of benzene rings is 2. The van der Waals surface area contributed by atoms with Crippen molar-refractivity contribution in [3.8, 4) is 11.4 Å². The topological polar surface area (TPSA) is 94.0 Å². The van der Waals surface area contributed by atoms with Gasteiger partial charge in [0.05, 0.1) is 23.4 Å². The highest BCUT2D eigenvalue weighted by molar-refractivity contribution is 6.32. The van der Waals surface area contributed by atoms with E-state index in [1.54, 1.807) is 36.1 Å². The summed E-state index contributed by atoms with van der Waals surface area (Å²) in [5.41, 5.74) is 0.641. The van der Waals surface area contributed by atoms with Crippen molar-refractivity contribution >= 4 is 29.2 Å². The van der Waals surface area contributed by atoms with Gasteiger partial charge in [0.15, 0.2) is 12.4 Å². The average Bonchev–Trinajstić information content (AvgIpc) is 2.88. The van der Waals surface area contributed by atoms with Crippen molar-refractivity contribution < 1.29 is 19.1 Å². The molecule has 2 aromatic carbocycles. The second-order valence-corrected chi connectivity index (χ2v) is 8.18. The van der Waals surface area contributed by atoms with E-state index >= 15 is 0 Å². The lowest BCUT2D eigenvalue weighted by molar-refractivity contribution is -0.133. The van der Waals surface area contributed by atoms with Gasteiger partial charge < -0.3 is 19.3 Å². The number of piperazine rings is 1. The van der Waals surface area contributed by atoms with Crippen LogP contribution in [0.1, 0.15) is 17.4 Å². The van der Waals surface area contributed by atoms with Gasteiger partial charge in [0.2, 0.25) is 5.69 Å². The highest BCUT2D eigenvalue weighted by Gasteiger charge is 2.24. The van der Waals surface area contributed by atoms with Crippen LogP contribution < -0.4 is 15.2 Å². The molecule has 1 aliphatic rings. The van der Waals surface area contributed by atoms with Crippen molar-refractivity contribution in [1.29, 1.82) is 0 Å². The summed E-state index contributed by atoms with van der Waals surface area (Å²) in [5, 5.41) is 4.43. The minimum Gasteiger partial charge on any atom is -0.481 e. The van der Waals surface area contributed by atoms with Crippen molar-refractivity contribution in [2.45, 2.75) is 6.92 Å². The maximum Gasteiger partial charge on any atom is 0.362 e. The number of rotatable bonds is 7. The number of amides is 1. The van der Waals surface area contributed by atoms with Crippen LogP contribution in [0.25, 0.3) is 5.69 Å². The lowest BCUT2D eigenvalue weighted by atomic mass is 10.2. The van der Waals surface area contributed by atoms with Crippen molar-refractivity contribution in [1.82, 2.24) is 14.7 Å². The van der Waals surface area contributed by atoms with Gasteiger partial charge in [-0.1, -0.05) is 41.9 Å². The summed E-state index contributed by atoms with van der Waals surface area (Å²) in [7, 11) is 0. The van der Waals surface area contributed by atoms with Gasteiger partial charge in [-0.05, 0) is 31.2 Å². The predicted molar refractivity (Wildman–Crippen MR) is 132 cm³/mol. The number of anilines is 1. The number of esters is 1. The van der Waals surface area contributed by atoms with Crippen LogP contribution in [0.3, 0.4) is 0 Å². The van der Waals surface area contributed by atoms with Crippen molar-refractivity contribution in [3.63, 3.8) is 0 Å². The third-order valence-electron chi connectivity index (χ3n) is 5.55. The number of para-hydroxylation sites is 2. The Hall–Kier alpha value is -3.85. The molecule has 0 aliphatic carbocycles. The molecule has 0 unspecified atom stereocenters. The van der Waals surface area contributed by atoms with Gasteiger partial charge in [-0.2, -0.15) is 9.78 Å². The Balaban J connectivity index is 1.48. The number of hydrogen-bond acceptors (Lipinski definition) is 7. The predicted octanol–water partition coefficient (Wildman–Crippen LogP) is 2.79. The van der Waals surface area contributed by atoms with E-state index in [-0.39, 0.29) is 35.6 Å². The van der Waals surface area contributed by atoms with E-state index in [1.807, 2.05) is 30.3 Å². The number of carbonyl (C=O) groups excluding carboxylic acids is 2. The highest BCUT2D eigenvalue weighted by Crippen LogP contribution is 2.21. The maximum atomic E-state index is 12.8. The van der Waals surface area contributed by atoms with E-state index in [4.69, 9.17) is 21.1 Å². The second-order valence-electron chi connectivity index (χ2n) is 7.77. The van der Waals surface area contributed by atoms with Gasteiger partial charge in [0.25, 0.3) is 11.5 Å². The Morgan fingerprint density at radius 2 is 1.69 bits per heavy atom. The molecule has 0 saturated carbocycles. The van der Waals surface area contributed by atoms with Crippen molar-refractivity contribution in [2.24, 2.45) is 0 Å². The number of nitrogens with zero attached hydrogens (tertiary/aromatic N) is 4. The molecule has 1 fully saturated rings. The molecular weight excluding hydrogens is 472 g/mol. The van der Waals surface area contributed by atoms with Gasteiger partial charge in [-0.3, -0.25) is 9.59 Å². The zero-order chi connectivity index (χ0) is 24.8. The van der Waals surface area contributed by atoms with Crippen LogP contribution in [0.15, 0.2) is 65.5 Å². The summed E-state index contributed by atoms with van der Waals surface area (Å²) in [6.07, 6.45) is 0. The fourth-order valence-electron chi connectivity index (χ4n) is 3.77. The number of ether oxygens (including phenoxy) is 2. The van der Waals surface area contributed by atoms with Gasteiger partial charge >= 0.3 is 5.97 Å². The SMILES string of the molecule is CCOC(=O)c1nn(-c2ccccc2Cl)c(=O)cc1OCC(=O)N1CCN(c2ccccc2)CC1. The summed E-state index contributed by atoms with van der Waals surface area (Å²) >= 11 is 6.20. The molecule has 0 atom stereocenters. The summed E-state index contributed by atoms with van der Waals surface area (Å²) < 4.78 is 11.7. The van der Waals surface area contributed by atoms with Crippen LogP contribution in [0.2, 0.25) is 5.02 Å². The molecule has 0 spiro atoms. The standard InChI is InChI=1S/C25H25ClN4O5/c1-2-34-25(33)24-21(16-22(31)30(27-24)20-11-7-6-10-19(20)26)35-17-23(32)29-14-12-28(13-15-29)18-8-4-3-5-9-18/h3-11,16H,2,12-15,17H2,1H3. The van der Waals surface area contributed by atoms with Crippen LogP contribution in [-0.4, -0.2) is 65.9 Å². The smallest absolute Gasteiger partial charge is 0.362 e. The molecule has 10 heteroatoms. The number of halogens is 1. The molecule has 0 N–H and O–H groups in total. The minimum absolute atomic E-state index is 0.107. The summed E-state index contributed by atoms with van der Waals surface area (Å²) in [4.78, 5) is 42.0. The Bertz CT molecular complexity index is 1260. The van der Waals surface area contributed by atoms with E-state index in [0.29, 0.717) is 31.9 Å². The van der Waals surface area contributed by atoms with Crippen molar-refractivity contribution in [2.75, 3.05) is 44.3 Å². The number of carbonyl (C=O) groups is 2. The average molecular weight is 497 g/mol. The lowest BCUT2D eigenvalue weighted by Crippen LogP contribution is -2.50. The van der Waals surface area contributed by atoms with E-state index < -0.39 is 11.5 Å². The molecule has 1 aliphatic heterocycles. The summed E-state index contributed by atoms with van der Waals surface area (Å²) in [5.74, 6) is -1.14. The first kappa shape index (κ1) is 24.3. The quantitative estimate of drug-likeness (QED) is 0.464. The zero-order valence-electron chi connectivity index (χ0n) is 19.2. The Morgan fingerprint density at radius 3 is 2.37 bits per heavy atom. The van der Waals surface area contributed by atoms with Crippen LogP contribution in [-0.2, 0) is 9.53 Å². The van der Waals surface area contributed by atoms with Crippen LogP contribution in [0.5, 0.6) is 5.75 Å². The fourth-order valence-corrected chi connectivity index (χ4v) is 3.99. The maximum absolute atomic E-state index is 12.8. The second kappa shape index (κ2) is 11.1. The van der Waals surface area contributed by atoms with Gasteiger partial charge in [-0.15, -0.1) is 0 Å². The Morgan fingerprint density at radius 1 is 1.00 bits per heavy atom. The third-order valence-corrected chi connectivity index (χ3v) is 5.87.